The maximum atomic E-state index is 14.5. The molecule has 15 heteroatoms. The van der Waals surface area contributed by atoms with Crippen molar-refractivity contribution in [3.8, 4) is 22.7 Å². The van der Waals surface area contributed by atoms with Gasteiger partial charge in [0, 0.05) is 42.8 Å². The summed E-state index contributed by atoms with van der Waals surface area (Å²) in [5.41, 5.74) is -0.251. The minimum Gasteiger partial charge on any atom is -0.435 e. The van der Waals surface area contributed by atoms with Crippen molar-refractivity contribution in [3.05, 3.63) is 90.1 Å². The van der Waals surface area contributed by atoms with Gasteiger partial charge >= 0.3 is 12.8 Å². The van der Waals surface area contributed by atoms with Crippen molar-refractivity contribution in [2.45, 2.75) is 31.2 Å². The zero-order valence-electron chi connectivity index (χ0n) is 24.2. The number of halogens is 6. The molecule has 1 amide bonds. The first-order valence-electron chi connectivity index (χ1n) is 14.3. The fraction of sp³-hybridized carbons (Fsp3) is 0.323. The van der Waals surface area contributed by atoms with Gasteiger partial charge in [0.2, 0.25) is 0 Å². The predicted molar refractivity (Wildman–Crippen MR) is 154 cm³/mol. The van der Waals surface area contributed by atoms with Crippen LogP contribution in [0.25, 0.3) is 16.9 Å². The summed E-state index contributed by atoms with van der Waals surface area (Å²) in [4.78, 5) is 21.6. The number of aromatic nitrogens is 3. The van der Waals surface area contributed by atoms with Gasteiger partial charge < -0.3 is 19.3 Å². The first-order valence-corrected chi connectivity index (χ1v) is 14.3. The third kappa shape index (κ3) is 6.37. The van der Waals surface area contributed by atoms with Crippen LogP contribution < -0.4 is 15.0 Å². The molecule has 0 radical (unpaired) electrons. The van der Waals surface area contributed by atoms with Gasteiger partial charge in [0.15, 0.2) is 5.69 Å². The van der Waals surface area contributed by atoms with Crippen LogP contribution in [0.15, 0.2) is 73.1 Å². The van der Waals surface area contributed by atoms with Gasteiger partial charge in [-0.25, -0.2) is 9.07 Å². The Morgan fingerprint density at radius 1 is 1.02 bits per heavy atom. The molecule has 2 aromatic carbocycles. The highest BCUT2D eigenvalue weighted by atomic mass is 19.4. The second kappa shape index (κ2) is 12.6. The van der Waals surface area contributed by atoms with E-state index in [1.54, 1.807) is 35.4 Å². The number of piperidine rings is 1. The molecule has 46 heavy (non-hydrogen) atoms. The van der Waals surface area contributed by atoms with Crippen LogP contribution in [0.4, 0.5) is 32.0 Å². The number of pyridine rings is 1. The van der Waals surface area contributed by atoms with Gasteiger partial charge in [-0.1, -0.05) is 0 Å². The van der Waals surface area contributed by atoms with Gasteiger partial charge in [-0.05, 0) is 67.4 Å². The zero-order valence-corrected chi connectivity index (χ0v) is 24.2. The molecule has 2 aliphatic heterocycles. The average molecular weight is 647 g/mol. The number of benzene rings is 2. The maximum absolute atomic E-state index is 14.5. The highest BCUT2D eigenvalue weighted by Crippen LogP contribution is 2.37. The third-order valence-corrected chi connectivity index (χ3v) is 8.16. The Bertz CT molecular complexity index is 1670. The van der Waals surface area contributed by atoms with E-state index in [-0.39, 0.29) is 17.1 Å². The molecule has 0 bridgehead atoms. The number of nitrogens with zero attached hydrogens (tertiary/aromatic N) is 5. The molecular weight excluding hydrogens is 618 g/mol. The molecule has 6 rings (SSSR count). The monoisotopic (exact) mass is 646 g/mol. The quantitative estimate of drug-likeness (QED) is 0.269. The van der Waals surface area contributed by atoms with E-state index in [2.05, 4.69) is 25.0 Å². The largest absolute Gasteiger partial charge is 0.435 e. The lowest BCUT2D eigenvalue weighted by molar-refractivity contribution is -0.140. The minimum absolute atomic E-state index is 0.00437. The molecule has 1 spiro atoms. The number of amides is 1. The Morgan fingerprint density at radius 2 is 1.76 bits per heavy atom. The zero-order chi connectivity index (χ0) is 32.5. The highest BCUT2D eigenvalue weighted by molar-refractivity contribution is 5.93. The van der Waals surface area contributed by atoms with Crippen LogP contribution in [-0.4, -0.2) is 70.8 Å². The molecule has 2 aromatic heterocycles. The number of alkyl halides is 5. The molecule has 2 aliphatic rings. The number of carbonyl (C=O) groups excluding carboxylic acids is 1. The van der Waals surface area contributed by atoms with E-state index in [9.17, 15) is 31.1 Å². The van der Waals surface area contributed by atoms with Gasteiger partial charge in [0.1, 0.15) is 11.6 Å². The van der Waals surface area contributed by atoms with Crippen LogP contribution in [0.1, 0.15) is 28.9 Å². The Morgan fingerprint density at radius 3 is 2.41 bits per heavy atom. The number of likely N-dealkylation sites (tertiary alicyclic amines) is 1. The van der Waals surface area contributed by atoms with Crippen LogP contribution >= 0.6 is 0 Å². The fourth-order valence-corrected chi connectivity index (χ4v) is 5.86. The maximum Gasteiger partial charge on any atom is 0.419 e. The van der Waals surface area contributed by atoms with E-state index < -0.39 is 35.6 Å². The third-order valence-electron chi connectivity index (χ3n) is 8.16. The van der Waals surface area contributed by atoms with E-state index in [1.165, 1.54) is 29.1 Å². The molecule has 2 saturated heterocycles. The topological polar surface area (TPSA) is 84.8 Å². The van der Waals surface area contributed by atoms with Crippen molar-refractivity contribution >= 4 is 11.6 Å². The van der Waals surface area contributed by atoms with Crippen LogP contribution in [0.5, 0.6) is 5.75 Å². The molecule has 242 valence electrons. The summed E-state index contributed by atoms with van der Waals surface area (Å²) in [6.07, 6.45) is -0.801. The molecule has 9 nitrogen and oxygen atoms in total. The number of hydrogen-bond acceptors (Lipinski definition) is 7. The molecule has 0 unspecified atom stereocenters. The van der Waals surface area contributed by atoms with Crippen LogP contribution in [-0.2, 0) is 10.9 Å². The van der Waals surface area contributed by atoms with Crippen LogP contribution in [0, 0.1) is 5.82 Å². The summed E-state index contributed by atoms with van der Waals surface area (Å²) in [5, 5.41) is 7.61. The lowest BCUT2D eigenvalue weighted by Gasteiger charge is -2.48. The van der Waals surface area contributed by atoms with Crippen molar-refractivity contribution < 1.29 is 40.6 Å². The Labute approximate surface area is 259 Å². The second-order valence-electron chi connectivity index (χ2n) is 10.9. The molecule has 0 aliphatic carbocycles. The first-order chi connectivity index (χ1) is 22.0. The van der Waals surface area contributed by atoms with Crippen LogP contribution in [0.3, 0.4) is 0 Å². The number of rotatable bonds is 6. The summed E-state index contributed by atoms with van der Waals surface area (Å²) in [5.74, 6) is -1.83. The van der Waals surface area contributed by atoms with Crippen molar-refractivity contribution in [1.82, 2.24) is 25.0 Å². The number of ether oxygens (including phenoxy) is 2. The lowest BCUT2D eigenvalue weighted by Crippen LogP contribution is -2.59. The molecule has 4 aromatic rings. The molecule has 2 fully saturated rings. The normalized spacial score (nSPS) is 16.9. The van der Waals surface area contributed by atoms with Crippen molar-refractivity contribution in [1.29, 1.82) is 0 Å². The minimum atomic E-state index is -4.87. The molecular formula is C31H28F6N6O3. The highest BCUT2D eigenvalue weighted by Gasteiger charge is 2.43. The van der Waals surface area contributed by atoms with Crippen molar-refractivity contribution in [2.75, 3.05) is 38.0 Å². The number of hydrogen-bond donors (Lipinski definition) is 1. The Kier molecular flexibility index (Phi) is 8.61. The summed E-state index contributed by atoms with van der Waals surface area (Å²) in [6.45, 7) is -1.19. The summed E-state index contributed by atoms with van der Waals surface area (Å²) >= 11 is 0. The molecule has 1 N–H and O–H groups in total. The van der Waals surface area contributed by atoms with Crippen molar-refractivity contribution in [2.24, 2.45) is 0 Å². The first kappa shape index (κ1) is 31.4. The standard InChI is InChI=1S/C31H28F6N6O3/c32-25-14-22(5-8-24(25)31(35,36)37)43-27(20-2-1-11-38-16-20)15-26(40-43)28(44)41-12-9-30(10-13-41)17-45-19-39-18-42(30)21-3-6-23(7-4-21)46-29(33)34/h1-8,11,14-16,29,39H,9-10,12-13,17-19H2. The van der Waals surface area contributed by atoms with Gasteiger partial charge in [-0.15, -0.1) is 0 Å². The fourth-order valence-electron chi connectivity index (χ4n) is 5.86. The smallest absolute Gasteiger partial charge is 0.419 e. The van der Waals surface area contributed by atoms with E-state index in [0.717, 1.165) is 17.8 Å². The summed E-state index contributed by atoms with van der Waals surface area (Å²) < 4.78 is 91.0. The van der Waals surface area contributed by atoms with E-state index in [0.29, 0.717) is 63.3 Å². The summed E-state index contributed by atoms with van der Waals surface area (Å²) in [7, 11) is 0. The van der Waals surface area contributed by atoms with Crippen LogP contribution in [0.2, 0.25) is 0 Å². The Hall–Kier alpha value is -4.63. The van der Waals surface area contributed by atoms with E-state index >= 15 is 0 Å². The molecule has 0 atom stereocenters. The van der Waals surface area contributed by atoms with Gasteiger partial charge in [0.05, 0.1) is 42.5 Å². The van der Waals surface area contributed by atoms with E-state index in [1.807, 2.05) is 0 Å². The van der Waals surface area contributed by atoms with Crippen molar-refractivity contribution in [3.63, 3.8) is 0 Å². The second-order valence-corrected chi connectivity index (χ2v) is 10.9. The SMILES string of the molecule is O=C(c1cc(-c2cccnc2)n(-c2ccc(C(F)(F)F)c(F)c2)n1)N1CCC2(CC1)COCNCN2c1ccc(OC(F)F)cc1. The van der Waals surface area contributed by atoms with Gasteiger partial charge in [0.25, 0.3) is 5.91 Å². The number of nitrogens with one attached hydrogen (secondary N) is 1. The molecule has 0 saturated carbocycles. The predicted octanol–water partition coefficient (Wildman–Crippen LogP) is 5.71. The van der Waals surface area contributed by atoms with Gasteiger partial charge in [-0.3, -0.25) is 15.1 Å². The lowest BCUT2D eigenvalue weighted by atomic mass is 9.85. The Balaban J connectivity index is 1.25. The average Bonchev–Trinajstić information content (AvgIpc) is 3.39. The number of anilines is 1. The van der Waals surface area contributed by atoms with E-state index in [4.69, 9.17) is 4.74 Å². The summed E-state index contributed by atoms with van der Waals surface area (Å²) in [6, 6.07) is 13.7. The molecule has 4 heterocycles. The van der Waals surface area contributed by atoms with Gasteiger partial charge in [-0.2, -0.15) is 27.1 Å². The number of carbonyl (C=O) groups is 1.